The van der Waals surface area contributed by atoms with Gasteiger partial charge >= 0.3 is 0 Å². The fourth-order valence-corrected chi connectivity index (χ4v) is 15.4. The minimum Gasteiger partial charge on any atom is -0.396 e. The largest absolute Gasteiger partial charge is 0.396 e. The molecule has 2 saturated heterocycles. The molecule has 0 aromatic carbocycles. The molecule has 0 aromatic heterocycles. The standard InChI is InChI=1S/C48H80O18/c1-21(20-62-30-13-24(17-49)35(53)39(57)36(30)54)9-12-48(61)16-23-5-8-28-27-7-6-25-14-26(10-11-46(25,3)29(27)15-33(52)47(28,4)34(23)22(48)2)63-45-43(41(59)38(56)32(19-51)65-45)66-44-42(60)40(58)37(55)31(18-50)64-44/h22-45,49-61H,1,5-20H2,2-4H3/t22-,23-,24+,25+,26+,27-,28+,29-,30+,31+,32+,33+,34-,35+,36-,37+,38-,39-,40-,41-,42+,43+,44-,45+,46-,47+,48+/m0/s1. The van der Waals surface area contributed by atoms with Crippen LogP contribution in [0.15, 0.2) is 12.2 Å². The van der Waals surface area contributed by atoms with Crippen LogP contribution in [0.5, 0.6) is 0 Å². The van der Waals surface area contributed by atoms with E-state index >= 15 is 0 Å². The van der Waals surface area contributed by atoms with Crippen molar-refractivity contribution in [1.82, 2.24) is 0 Å². The summed E-state index contributed by atoms with van der Waals surface area (Å²) in [6.45, 7) is 9.45. The Labute approximate surface area is 387 Å². The Morgan fingerprint density at radius 2 is 1.35 bits per heavy atom. The van der Waals surface area contributed by atoms with Gasteiger partial charge in [-0.15, -0.1) is 0 Å². The van der Waals surface area contributed by atoms with Gasteiger partial charge in [0.15, 0.2) is 12.6 Å². The molecule has 0 radical (unpaired) electrons. The third-order valence-corrected chi connectivity index (χ3v) is 19.3. The maximum atomic E-state index is 12.5. The predicted molar refractivity (Wildman–Crippen MR) is 231 cm³/mol. The van der Waals surface area contributed by atoms with Crippen LogP contribution < -0.4 is 0 Å². The smallest absolute Gasteiger partial charge is 0.187 e. The third kappa shape index (κ3) is 8.90. The minimum atomic E-state index is -1.77. The lowest BCUT2D eigenvalue weighted by Gasteiger charge is -2.66. The van der Waals surface area contributed by atoms with Crippen LogP contribution in [0.4, 0.5) is 0 Å². The van der Waals surface area contributed by atoms with Crippen molar-refractivity contribution in [2.45, 2.75) is 201 Å². The van der Waals surface area contributed by atoms with Gasteiger partial charge in [-0.1, -0.05) is 32.9 Å². The van der Waals surface area contributed by atoms with Crippen LogP contribution in [0.2, 0.25) is 0 Å². The topological polar surface area (TPSA) is 309 Å². The van der Waals surface area contributed by atoms with Gasteiger partial charge in [-0.2, -0.15) is 0 Å². The van der Waals surface area contributed by atoms with Crippen molar-refractivity contribution in [2.75, 3.05) is 26.4 Å². The zero-order valence-electron chi connectivity index (χ0n) is 38.7. The molecule has 0 spiro atoms. The second-order valence-corrected chi connectivity index (χ2v) is 22.5. The SMILES string of the molecule is C=C(CC[C@@]1(O)C[C@@H]2CC[C@@H]3[C@@H]4CC[C@@H]5C[C@H](O[C@@H]6O[C@H](CO)[C@H](O)[C@H](O)[C@H]6O[C@@H]6O[C@H](CO)[C@@H](O)[C@H](O)[C@H]6O)CC[C@]5(C)[C@H]4C[C@@H](O)[C@]3(C)[C@H]2[C@@H]1C)CO[C@@H]1C[C@H](CO)[C@@H](O)[C@H](O)[C@H]1O. The van der Waals surface area contributed by atoms with Gasteiger partial charge in [-0.25, -0.2) is 0 Å². The lowest BCUT2D eigenvalue weighted by atomic mass is 9.40. The summed E-state index contributed by atoms with van der Waals surface area (Å²) < 4.78 is 30.0. The fourth-order valence-electron chi connectivity index (χ4n) is 15.4. The van der Waals surface area contributed by atoms with Crippen LogP contribution in [-0.4, -0.2) is 196 Å². The zero-order valence-corrected chi connectivity index (χ0v) is 38.7. The first-order chi connectivity index (χ1) is 31.2. The van der Waals surface area contributed by atoms with Gasteiger partial charge in [0.05, 0.1) is 49.8 Å². The highest BCUT2D eigenvalue weighted by Crippen LogP contribution is 2.70. The normalized spacial score (nSPS) is 55.0. The Kier molecular flexibility index (Phi) is 15.5. The summed E-state index contributed by atoms with van der Waals surface area (Å²) in [5, 5.41) is 139. The number of ether oxygens (including phenoxy) is 5. The number of aliphatic hydroxyl groups excluding tert-OH is 12. The second-order valence-electron chi connectivity index (χ2n) is 22.5. The molecule has 6 saturated carbocycles. The molecule has 0 amide bonds. The Bertz CT molecular complexity index is 1660. The molecule has 13 N–H and O–H groups in total. The predicted octanol–water partition coefficient (Wildman–Crippen LogP) is -1.17. The van der Waals surface area contributed by atoms with Gasteiger partial charge < -0.3 is 90.1 Å². The first kappa shape index (κ1) is 51.4. The molecule has 8 fully saturated rings. The molecule has 0 aromatic rings. The van der Waals surface area contributed by atoms with E-state index in [9.17, 15) is 66.4 Å². The van der Waals surface area contributed by atoms with Crippen molar-refractivity contribution in [3.05, 3.63) is 12.2 Å². The third-order valence-electron chi connectivity index (χ3n) is 19.3. The molecule has 66 heavy (non-hydrogen) atoms. The van der Waals surface area contributed by atoms with E-state index in [1.54, 1.807) is 0 Å². The van der Waals surface area contributed by atoms with E-state index < -0.39 is 117 Å². The van der Waals surface area contributed by atoms with Crippen molar-refractivity contribution in [1.29, 1.82) is 0 Å². The van der Waals surface area contributed by atoms with Gasteiger partial charge in [-0.3, -0.25) is 0 Å². The zero-order chi connectivity index (χ0) is 47.8. The van der Waals surface area contributed by atoms with Crippen LogP contribution in [0, 0.1) is 58.2 Å². The van der Waals surface area contributed by atoms with E-state index in [1.807, 2.05) is 0 Å². The summed E-state index contributed by atoms with van der Waals surface area (Å²) >= 11 is 0. The molecular formula is C48H80O18. The molecule has 18 nitrogen and oxygen atoms in total. The monoisotopic (exact) mass is 945 g/mol. The highest BCUT2D eigenvalue weighted by Gasteiger charge is 2.68. The van der Waals surface area contributed by atoms with Crippen molar-refractivity contribution < 1.29 is 90.1 Å². The first-order valence-electron chi connectivity index (χ1n) is 24.8. The minimum absolute atomic E-state index is 0.0718. The highest BCUT2D eigenvalue weighted by molar-refractivity contribution is 5.17. The van der Waals surface area contributed by atoms with Crippen LogP contribution in [0.25, 0.3) is 0 Å². The lowest BCUT2D eigenvalue weighted by molar-refractivity contribution is -0.373. The van der Waals surface area contributed by atoms with Crippen molar-refractivity contribution in [3.63, 3.8) is 0 Å². The quantitative estimate of drug-likeness (QED) is 0.0765. The van der Waals surface area contributed by atoms with Gasteiger partial charge in [0.1, 0.15) is 61.0 Å². The van der Waals surface area contributed by atoms with E-state index in [-0.39, 0.29) is 72.1 Å². The number of aliphatic hydroxyl groups is 13. The maximum absolute atomic E-state index is 12.5. The van der Waals surface area contributed by atoms with Crippen molar-refractivity contribution in [2.24, 2.45) is 58.2 Å². The number of rotatable bonds is 13. The van der Waals surface area contributed by atoms with Gasteiger partial charge in [0.2, 0.25) is 0 Å². The summed E-state index contributed by atoms with van der Waals surface area (Å²) in [6.07, 6.45) is -12.4. The molecule has 2 aliphatic heterocycles. The number of hydrogen-bond donors (Lipinski definition) is 13. The molecule has 0 bridgehead atoms. The molecule has 0 unspecified atom stereocenters. The molecule has 6 aliphatic carbocycles. The van der Waals surface area contributed by atoms with E-state index in [0.29, 0.717) is 44.4 Å². The first-order valence-corrected chi connectivity index (χ1v) is 24.8. The van der Waals surface area contributed by atoms with E-state index in [0.717, 1.165) is 37.7 Å². The number of hydrogen-bond acceptors (Lipinski definition) is 18. The average Bonchev–Trinajstić information content (AvgIpc) is 3.56. The van der Waals surface area contributed by atoms with E-state index in [1.165, 1.54) is 0 Å². The van der Waals surface area contributed by atoms with E-state index in [2.05, 4.69) is 27.4 Å². The Morgan fingerprint density at radius 3 is 2.03 bits per heavy atom. The second kappa shape index (κ2) is 19.9. The Morgan fingerprint density at radius 1 is 0.682 bits per heavy atom. The Hall–Kier alpha value is -0.980. The molecular weight excluding hydrogens is 865 g/mol. The summed E-state index contributed by atoms with van der Waals surface area (Å²) in [5.74, 6) is 0.901. The summed E-state index contributed by atoms with van der Waals surface area (Å²) in [7, 11) is 0. The molecule has 8 aliphatic rings. The average molecular weight is 945 g/mol. The van der Waals surface area contributed by atoms with Gasteiger partial charge in [0, 0.05) is 17.9 Å². The summed E-state index contributed by atoms with van der Waals surface area (Å²) in [5.41, 5.74) is -0.702. The van der Waals surface area contributed by atoms with Crippen LogP contribution in [-0.2, 0) is 23.7 Å². The van der Waals surface area contributed by atoms with Crippen LogP contribution in [0.1, 0.15) is 97.8 Å². The van der Waals surface area contributed by atoms with Crippen molar-refractivity contribution >= 4 is 0 Å². The molecule has 2 heterocycles. The van der Waals surface area contributed by atoms with Crippen molar-refractivity contribution in [3.8, 4) is 0 Å². The summed E-state index contributed by atoms with van der Waals surface area (Å²) in [4.78, 5) is 0. The van der Waals surface area contributed by atoms with E-state index in [4.69, 9.17) is 23.7 Å². The molecule has 380 valence electrons. The van der Waals surface area contributed by atoms with Crippen LogP contribution in [0.3, 0.4) is 0 Å². The van der Waals surface area contributed by atoms with Crippen LogP contribution >= 0.6 is 0 Å². The molecule has 27 atom stereocenters. The number of fused-ring (bicyclic) bond motifs is 7. The summed E-state index contributed by atoms with van der Waals surface area (Å²) in [6, 6.07) is 0. The molecule has 8 rings (SSSR count). The maximum Gasteiger partial charge on any atom is 0.187 e. The lowest BCUT2D eigenvalue weighted by Crippen LogP contribution is -2.65. The van der Waals surface area contributed by atoms with Gasteiger partial charge in [-0.05, 0) is 124 Å². The molecule has 18 heteroatoms. The fraction of sp³-hybridized carbons (Fsp3) is 0.958. The van der Waals surface area contributed by atoms with Gasteiger partial charge in [0.25, 0.3) is 0 Å². The highest BCUT2D eigenvalue weighted by atomic mass is 16.8. The Balaban J connectivity index is 0.898.